The van der Waals surface area contributed by atoms with Crippen molar-refractivity contribution in [3.63, 3.8) is 0 Å². The number of carbonyl (C=O) groups excluding carboxylic acids is 1. The highest BCUT2D eigenvalue weighted by Gasteiger charge is 2.13. The first-order chi connectivity index (χ1) is 11.7. The van der Waals surface area contributed by atoms with Crippen LogP contribution in [0.4, 0.5) is 0 Å². The zero-order valence-electron chi connectivity index (χ0n) is 12.9. The second kappa shape index (κ2) is 6.18. The minimum Gasteiger partial charge on any atom is -0.347 e. The first kappa shape index (κ1) is 15.0. The van der Waals surface area contributed by atoms with E-state index < -0.39 is 0 Å². The van der Waals surface area contributed by atoms with E-state index in [9.17, 15) is 4.79 Å². The van der Waals surface area contributed by atoms with Crippen molar-refractivity contribution in [3.8, 4) is 10.6 Å². The van der Waals surface area contributed by atoms with Crippen molar-refractivity contribution in [1.29, 1.82) is 0 Å². The predicted molar refractivity (Wildman–Crippen MR) is 97.3 cm³/mol. The lowest BCUT2D eigenvalue weighted by Crippen LogP contribution is -2.22. The monoisotopic (exact) mass is 354 g/mol. The van der Waals surface area contributed by atoms with E-state index in [1.54, 1.807) is 27.6 Å². The number of fused-ring (bicyclic) bond motifs is 1. The van der Waals surface area contributed by atoms with Gasteiger partial charge in [0.2, 0.25) is 0 Å². The summed E-state index contributed by atoms with van der Waals surface area (Å²) in [6.07, 6.45) is 3.63. The number of thiazole rings is 1. The van der Waals surface area contributed by atoms with E-state index in [1.807, 2.05) is 25.4 Å². The summed E-state index contributed by atoms with van der Waals surface area (Å²) in [5.41, 5.74) is 2.50. The van der Waals surface area contributed by atoms with Gasteiger partial charge in [0.05, 0.1) is 6.20 Å². The van der Waals surface area contributed by atoms with E-state index in [0.29, 0.717) is 12.2 Å². The Morgan fingerprint density at radius 2 is 2.12 bits per heavy atom. The topological polar surface area (TPSA) is 59.8 Å². The average Bonchev–Trinajstić information content (AvgIpc) is 3.31. The minimum absolute atomic E-state index is 0.156. The third-order valence-electron chi connectivity index (χ3n) is 3.69. The van der Waals surface area contributed by atoms with E-state index in [0.717, 1.165) is 16.1 Å². The van der Waals surface area contributed by atoms with E-state index in [2.05, 4.69) is 32.9 Å². The standard InChI is InChI=1S/C17H14N4OS2/c1-21-8-11(7-19-21)17-20-14(10-24-17)16(22)18-6-12-9-23-15-5-3-2-4-13(12)15/h2-5,7-10H,6H2,1H3,(H,18,22). The molecule has 0 aliphatic heterocycles. The number of nitrogens with zero attached hydrogens (tertiary/aromatic N) is 3. The van der Waals surface area contributed by atoms with Crippen molar-refractivity contribution in [2.24, 2.45) is 7.05 Å². The van der Waals surface area contributed by atoms with Gasteiger partial charge in [-0.1, -0.05) is 18.2 Å². The Hall–Kier alpha value is -2.51. The summed E-state index contributed by atoms with van der Waals surface area (Å²) in [6, 6.07) is 8.21. The van der Waals surface area contributed by atoms with Crippen molar-refractivity contribution in [2.45, 2.75) is 6.54 Å². The van der Waals surface area contributed by atoms with E-state index in [1.165, 1.54) is 21.4 Å². The normalized spacial score (nSPS) is 11.0. The van der Waals surface area contributed by atoms with Crippen LogP contribution in [0.5, 0.6) is 0 Å². The van der Waals surface area contributed by atoms with E-state index in [4.69, 9.17) is 0 Å². The quantitative estimate of drug-likeness (QED) is 0.608. The molecule has 7 heteroatoms. The molecule has 120 valence electrons. The number of hydrogen-bond acceptors (Lipinski definition) is 5. The van der Waals surface area contributed by atoms with Crippen molar-refractivity contribution >= 4 is 38.7 Å². The molecule has 0 aliphatic rings. The highest BCUT2D eigenvalue weighted by atomic mass is 32.1. The Kier molecular flexibility index (Phi) is 3.87. The van der Waals surface area contributed by atoms with Crippen LogP contribution in [0, 0.1) is 0 Å². The Labute approximate surface area is 146 Å². The zero-order valence-corrected chi connectivity index (χ0v) is 14.5. The number of aryl methyl sites for hydroxylation is 1. The first-order valence-corrected chi connectivity index (χ1v) is 9.14. The van der Waals surface area contributed by atoms with Gasteiger partial charge < -0.3 is 5.32 Å². The van der Waals surface area contributed by atoms with Gasteiger partial charge in [-0.15, -0.1) is 22.7 Å². The van der Waals surface area contributed by atoms with Gasteiger partial charge in [0, 0.05) is 35.4 Å². The molecule has 3 aromatic heterocycles. The number of thiophene rings is 1. The van der Waals surface area contributed by atoms with Crippen LogP contribution in [0.3, 0.4) is 0 Å². The van der Waals surface area contributed by atoms with Gasteiger partial charge in [-0.05, 0) is 22.4 Å². The highest BCUT2D eigenvalue weighted by Crippen LogP contribution is 2.26. The molecule has 5 nitrogen and oxygen atoms in total. The number of hydrogen-bond donors (Lipinski definition) is 1. The van der Waals surface area contributed by atoms with Crippen molar-refractivity contribution in [2.75, 3.05) is 0 Å². The molecule has 0 saturated carbocycles. The molecular weight excluding hydrogens is 340 g/mol. The molecule has 1 N–H and O–H groups in total. The van der Waals surface area contributed by atoms with Crippen LogP contribution in [-0.2, 0) is 13.6 Å². The minimum atomic E-state index is -0.156. The fraction of sp³-hybridized carbons (Fsp3) is 0.118. The molecule has 0 aliphatic carbocycles. The Morgan fingerprint density at radius 3 is 2.96 bits per heavy atom. The Balaban J connectivity index is 1.48. The molecule has 4 aromatic rings. The maximum Gasteiger partial charge on any atom is 0.271 e. The summed E-state index contributed by atoms with van der Waals surface area (Å²) >= 11 is 3.14. The molecule has 0 saturated heterocycles. The van der Waals surface area contributed by atoms with Crippen molar-refractivity contribution < 1.29 is 4.79 Å². The van der Waals surface area contributed by atoms with Crippen molar-refractivity contribution in [1.82, 2.24) is 20.1 Å². The number of nitrogens with one attached hydrogen (secondary N) is 1. The zero-order chi connectivity index (χ0) is 16.5. The lowest BCUT2D eigenvalue weighted by Gasteiger charge is -2.02. The number of benzene rings is 1. The highest BCUT2D eigenvalue weighted by molar-refractivity contribution is 7.17. The largest absolute Gasteiger partial charge is 0.347 e. The molecule has 24 heavy (non-hydrogen) atoms. The van der Waals surface area contributed by atoms with E-state index >= 15 is 0 Å². The third-order valence-corrected chi connectivity index (χ3v) is 5.59. The van der Waals surface area contributed by atoms with Crippen LogP contribution in [0.1, 0.15) is 16.1 Å². The SMILES string of the molecule is Cn1cc(-c2nc(C(=O)NCc3csc4ccccc34)cs2)cn1. The lowest BCUT2D eigenvalue weighted by atomic mass is 10.2. The van der Waals surface area contributed by atoms with Gasteiger partial charge >= 0.3 is 0 Å². The summed E-state index contributed by atoms with van der Waals surface area (Å²) < 4.78 is 2.95. The maximum absolute atomic E-state index is 12.3. The summed E-state index contributed by atoms with van der Waals surface area (Å²) in [5.74, 6) is -0.156. The van der Waals surface area contributed by atoms with Crippen LogP contribution in [0.25, 0.3) is 20.7 Å². The smallest absolute Gasteiger partial charge is 0.271 e. The molecule has 0 spiro atoms. The molecule has 0 atom stereocenters. The molecule has 1 amide bonds. The van der Waals surface area contributed by atoms with Crippen LogP contribution >= 0.6 is 22.7 Å². The van der Waals surface area contributed by atoms with Gasteiger partial charge in [-0.2, -0.15) is 5.10 Å². The fourth-order valence-electron chi connectivity index (χ4n) is 2.48. The van der Waals surface area contributed by atoms with Gasteiger partial charge in [0.25, 0.3) is 5.91 Å². The van der Waals surface area contributed by atoms with Crippen LogP contribution in [0.15, 0.2) is 47.4 Å². The molecule has 0 radical (unpaired) electrons. The first-order valence-electron chi connectivity index (χ1n) is 7.38. The van der Waals surface area contributed by atoms with Crippen molar-refractivity contribution in [3.05, 3.63) is 58.7 Å². The molecule has 0 unspecified atom stereocenters. The Morgan fingerprint density at radius 1 is 1.25 bits per heavy atom. The molecular formula is C17H14N4OS2. The maximum atomic E-state index is 12.3. The number of aromatic nitrogens is 3. The molecule has 0 fully saturated rings. The second-order valence-corrected chi connectivity index (χ2v) is 7.15. The average molecular weight is 354 g/mol. The second-order valence-electron chi connectivity index (χ2n) is 5.38. The number of rotatable bonds is 4. The lowest BCUT2D eigenvalue weighted by molar-refractivity contribution is 0.0947. The summed E-state index contributed by atoms with van der Waals surface area (Å²) in [6.45, 7) is 0.503. The van der Waals surface area contributed by atoms with Gasteiger partial charge in [0.1, 0.15) is 10.7 Å². The third kappa shape index (κ3) is 2.83. The number of carbonyl (C=O) groups is 1. The predicted octanol–water partition coefficient (Wildman–Crippen LogP) is 3.69. The van der Waals surface area contributed by atoms with Gasteiger partial charge in [-0.25, -0.2) is 4.98 Å². The number of amides is 1. The van der Waals surface area contributed by atoms with Crippen LogP contribution < -0.4 is 5.32 Å². The summed E-state index contributed by atoms with van der Waals surface area (Å²) in [4.78, 5) is 16.8. The van der Waals surface area contributed by atoms with Gasteiger partial charge in [-0.3, -0.25) is 9.48 Å². The molecule has 1 aromatic carbocycles. The van der Waals surface area contributed by atoms with Gasteiger partial charge in [0.15, 0.2) is 0 Å². The fourth-order valence-corrected chi connectivity index (χ4v) is 4.22. The van der Waals surface area contributed by atoms with E-state index in [-0.39, 0.29) is 5.91 Å². The molecule has 4 rings (SSSR count). The van der Waals surface area contributed by atoms with Crippen LogP contribution in [-0.4, -0.2) is 20.7 Å². The van der Waals surface area contributed by atoms with Crippen LogP contribution in [0.2, 0.25) is 0 Å². The molecule has 0 bridgehead atoms. The summed E-state index contributed by atoms with van der Waals surface area (Å²) in [7, 11) is 1.86. The molecule has 3 heterocycles. The summed E-state index contributed by atoms with van der Waals surface area (Å²) in [5, 5.41) is 12.9. The Bertz CT molecular complexity index is 1010.